The Balaban J connectivity index is 1.51. The third-order valence-corrected chi connectivity index (χ3v) is 10.2. The van der Waals surface area contributed by atoms with Crippen molar-refractivity contribution in [2.75, 3.05) is 12.3 Å². The van der Waals surface area contributed by atoms with Crippen LogP contribution in [0.4, 0.5) is 0 Å². The Kier molecular flexibility index (Phi) is 3.31. The number of rotatable bonds is 0. The Morgan fingerprint density at radius 1 is 1.22 bits per heavy atom. The second kappa shape index (κ2) is 5.55. The zero-order chi connectivity index (χ0) is 22.2. The fourth-order valence-electron chi connectivity index (χ4n) is 6.92. The molecule has 0 unspecified atom stereocenters. The van der Waals surface area contributed by atoms with E-state index < -0.39 is 27.1 Å². The van der Waals surface area contributed by atoms with E-state index in [0.717, 1.165) is 41.5 Å². The molecule has 3 atom stereocenters. The number of furan rings is 1. The normalized spacial score (nSPS) is 33.5. The van der Waals surface area contributed by atoms with Crippen molar-refractivity contribution in [3.05, 3.63) is 68.1 Å². The summed E-state index contributed by atoms with van der Waals surface area (Å²) in [4.78, 5) is 15.3. The molecule has 3 heterocycles. The molecule has 0 bridgehead atoms. The minimum absolute atomic E-state index is 0.0191. The van der Waals surface area contributed by atoms with Crippen molar-refractivity contribution in [1.29, 1.82) is 0 Å². The lowest BCUT2D eigenvalue weighted by Crippen LogP contribution is -2.43. The molecule has 2 N–H and O–H groups in total. The molecule has 1 aromatic carbocycles. The van der Waals surface area contributed by atoms with Gasteiger partial charge in [-0.3, -0.25) is 4.79 Å². The third-order valence-electron chi connectivity index (χ3n) is 8.38. The fourth-order valence-corrected chi connectivity index (χ4v) is 8.56. The van der Waals surface area contributed by atoms with Crippen LogP contribution in [0.15, 0.2) is 33.4 Å². The van der Waals surface area contributed by atoms with Gasteiger partial charge in [0.2, 0.25) is 5.78 Å². The summed E-state index contributed by atoms with van der Waals surface area (Å²) in [6.45, 7) is 2.28. The zero-order valence-corrected chi connectivity index (χ0v) is 18.5. The summed E-state index contributed by atoms with van der Waals surface area (Å²) >= 11 is 0. The summed E-state index contributed by atoms with van der Waals surface area (Å²) in [5, 5.41) is 22.4. The summed E-state index contributed by atoms with van der Waals surface area (Å²) in [5.74, 6) is 0.112. The molecule has 2 aliphatic heterocycles. The van der Waals surface area contributed by atoms with E-state index in [1.807, 2.05) is 6.07 Å². The van der Waals surface area contributed by atoms with Crippen LogP contribution in [0.2, 0.25) is 0 Å². The maximum Gasteiger partial charge on any atom is 0.228 e. The molecule has 1 fully saturated rings. The van der Waals surface area contributed by atoms with Crippen LogP contribution in [0.3, 0.4) is 0 Å². The van der Waals surface area contributed by atoms with E-state index in [1.54, 1.807) is 17.2 Å². The molecule has 1 saturated heterocycles. The Bertz CT molecular complexity index is 1400. The van der Waals surface area contributed by atoms with Crippen LogP contribution < -0.4 is 0 Å². The number of carbonyl (C=O) groups is 1. The van der Waals surface area contributed by atoms with E-state index in [0.29, 0.717) is 16.9 Å². The maximum absolute atomic E-state index is 13.5. The second-order valence-corrected chi connectivity index (χ2v) is 12.2. The maximum atomic E-state index is 13.5. The topological polar surface area (TPSA) is 108 Å². The van der Waals surface area contributed by atoms with E-state index >= 15 is 0 Å². The minimum Gasteiger partial charge on any atom is -0.460 e. The number of fused-ring (bicyclic) bond motifs is 4. The predicted octanol–water partition coefficient (Wildman–Crippen LogP) is 1.87. The molecule has 5 aliphatic rings. The van der Waals surface area contributed by atoms with Gasteiger partial charge in [0.25, 0.3) is 0 Å². The highest BCUT2D eigenvalue weighted by molar-refractivity contribution is 7.95. The Labute approximate surface area is 185 Å². The quantitative estimate of drug-likeness (QED) is 0.627. The number of hydrogen-bond donors (Lipinski definition) is 2. The number of nitrogens with zero attached hydrogens (tertiary/aromatic N) is 1. The Morgan fingerprint density at radius 2 is 2.03 bits per heavy atom. The standard InChI is InChI=1S/C24H23NO6S/c1-23-4-2-3-12-11-31-21(19(12)23)20(27)14-9-15-13(7-16(14)23)8-17-22-24(15,28)10-18(26)25(22)5-6-32(17,29)30/h7,9,11,18,26,28H,2-6,8,10H2,1H3/t18-,23+,24+/m1/s1. The molecule has 7 rings (SSSR count). The molecule has 8 heteroatoms. The minimum atomic E-state index is -3.53. The predicted molar refractivity (Wildman–Crippen MR) is 114 cm³/mol. The van der Waals surface area contributed by atoms with Crippen LogP contribution in [-0.4, -0.2) is 47.8 Å². The van der Waals surface area contributed by atoms with Gasteiger partial charge in [-0.2, -0.15) is 0 Å². The summed E-state index contributed by atoms with van der Waals surface area (Å²) in [6, 6.07) is 3.67. The van der Waals surface area contributed by atoms with Crippen molar-refractivity contribution in [2.24, 2.45) is 0 Å². The number of hydrogen-bond acceptors (Lipinski definition) is 7. The van der Waals surface area contributed by atoms with Crippen LogP contribution in [0, 0.1) is 0 Å². The van der Waals surface area contributed by atoms with E-state index in [-0.39, 0.29) is 41.5 Å². The van der Waals surface area contributed by atoms with Gasteiger partial charge in [0.05, 0.1) is 22.6 Å². The molecule has 1 aromatic heterocycles. The lowest BCUT2D eigenvalue weighted by molar-refractivity contribution is 0.0343. The van der Waals surface area contributed by atoms with E-state index in [1.165, 1.54) is 0 Å². The highest BCUT2D eigenvalue weighted by Gasteiger charge is 2.56. The molecule has 3 aliphatic carbocycles. The molecule has 166 valence electrons. The first kappa shape index (κ1) is 19.1. The van der Waals surface area contributed by atoms with Gasteiger partial charge in [0.15, 0.2) is 15.6 Å². The van der Waals surface area contributed by atoms with Crippen LogP contribution in [0.5, 0.6) is 0 Å². The molecular formula is C24H23NO6S. The number of aliphatic hydroxyl groups is 2. The van der Waals surface area contributed by atoms with Crippen molar-refractivity contribution in [2.45, 2.75) is 56.3 Å². The van der Waals surface area contributed by atoms with Crippen molar-refractivity contribution >= 4 is 15.6 Å². The lowest BCUT2D eigenvalue weighted by Gasteiger charge is -2.42. The summed E-state index contributed by atoms with van der Waals surface area (Å²) < 4.78 is 31.6. The van der Waals surface area contributed by atoms with Gasteiger partial charge in [-0.1, -0.05) is 13.0 Å². The van der Waals surface area contributed by atoms with Gasteiger partial charge in [0.1, 0.15) is 11.8 Å². The zero-order valence-electron chi connectivity index (χ0n) is 17.6. The molecule has 0 radical (unpaired) electrons. The van der Waals surface area contributed by atoms with Crippen molar-refractivity contribution < 1.29 is 27.8 Å². The van der Waals surface area contributed by atoms with Crippen LogP contribution in [-0.2, 0) is 33.7 Å². The van der Waals surface area contributed by atoms with Gasteiger partial charge < -0.3 is 19.5 Å². The Morgan fingerprint density at radius 3 is 2.84 bits per heavy atom. The van der Waals surface area contributed by atoms with E-state index in [9.17, 15) is 23.4 Å². The number of aliphatic hydroxyl groups excluding tert-OH is 1. The molecular weight excluding hydrogens is 430 g/mol. The van der Waals surface area contributed by atoms with E-state index in [2.05, 4.69) is 6.92 Å². The number of benzene rings is 1. The summed E-state index contributed by atoms with van der Waals surface area (Å²) in [7, 11) is -3.53. The first-order valence-electron chi connectivity index (χ1n) is 11.1. The molecule has 0 spiro atoms. The monoisotopic (exact) mass is 453 g/mol. The molecule has 0 amide bonds. The second-order valence-electron chi connectivity index (χ2n) is 10.0. The highest BCUT2D eigenvalue weighted by atomic mass is 32.2. The smallest absolute Gasteiger partial charge is 0.228 e. The number of aryl methyl sites for hydroxylation is 1. The SMILES string of the molecule is C[C@@]12CCCc3coc(c31)C(=O)c1cc3c(cc12)CC1=C2N(CCS1(=O)=O)[C@H](O)C[C@@]23O. The van der Waals surface area contributed by atoms with Gasteiger partial charge in [-0.15, -0.1) is 0 Å². The molecule has 2 aromatic rings. The first-order chi connectivity index (χ1) is 15.1. The number of carbonyl (C=O) groups excluding carboxylic acids is 1. The lowest BCUT2D eigenvalue weighted by atomic mass is 9.62. The largest absolute Gasteiger partial charge is 0.460 e. The molecule has 32 heavy (non-hydrogen) atoms. The number of allylic oxidation sites excluding steroid dienone is 1. The first-order valence-corrected chi connectivity index (χ1v) is 12.8. The van der Waals surface area contributed by atoms with Crippen molar-refractivity contribution in [1.82, 2.24) is 4.90 Å². The molecule has 7 nitrogen and oxygen atoms in total. The average Bonchev–Trinajstić information content (AvgIpc) is 3.29. The van der Waals surface area contributed by atoms with Crippen LogP contribution in [0.1, 0.15) is 70.1 Å². The van der Waals surface area contributed by atoms with Crippen molar-refractivity contribution in [3.8, 4) is 0 Å². The molecule has 0 saturated carbocycles. The summed E-state index contributed by atoms with van der Waals surface area (Å²) in [6.07, 6.45) is 3.60. The number of sulfone groups is 1. The highest BCUT2D eigenvalue weighted by Crippen LogP contribution is 2.55. The average molecular weight is 454 g/mol. The Hall–Kier alpha value is -2.42. The van der Waals surface area contributed by atoms with E-state index in [4.69, 9.17) is 4.42 Å². The van der Waals surface area contributed by atoms with Gasteiger partial charge in [-0.05, 0) is 47.6 Å². The van der Waals surface area contributed by atoms with Gasteiger partial charge in [0, 0.05) is 35.9 Å². The van der Waals surface area contributed by atoms with Crippen LogP contribution >= 0.6 is 0 Å². The van der Waals surface area contributed by atoms with Crippen LogP contribution in [0.25, 0.3) is 0 Å². The fraction of sp³-hybridized carbons (Fsp3) is 0.458. The summed E-state index contributed by atoms with van der Waals surface area (Å²) in [5.41, 5.74) is 2.93. The van der Waals surface area contributed by atoms with Gasteiger partial charge >= 0.3 is 0 Å². The van der Waals surface area contributed by atoms with Crippen molar-refractivity contribution in [3.63, 3.8) is 0 Å². The number of ketones is 1. The van der Waals surface area contributed by atoms with Gasteiger partial charge in [-0.25, -0.2) is 8.42 Å². The third kappa shape index (κ3) is 2.01.